The third-order valence-corrected chi connectivity index (χ3v) is 4.98. The molecule has 2 heterocycles. The van der Waals surface area contributed by atoms with E-state index < -0.39 is 6.10 Å². The number of carbonyl (C=O) groups excluding carboxylic acids is 1. The molecular weight excluding hydrogens is 270 g/mol. The summed E-state index contributed by atoms with van der Waals surface area (Å²) in [4.78, 5) is 14.4. The van der Waals surface area contributed by atoms with Crippen molar-refractivity contribution in [2.45, 2.75) is 25.9 Å². The molecule has 1 unspecified atom stereocenters. The molecule has 3 rings (SSSR count). The average molecular weight is 287 g/mol. The predicted molar refractivity (Wildman–Crippen MR) is 81.3 cm³/mol. The van der Waals surface area contributed by atoms with Crippen LogP contribution in [0.4, 0.5) is 5.69 Å². The number of rotatable bonds is 2. The first-order valence-electron chi connectivity index (χ1n) is 6.69. The highest BCUT2D eigenvalue weighted by atomic mass is 32.1. The molecule has 1 atom stereocenters. The van der Waals surface area contributed by atoms with E-state index in [1.165, 1.54) is 0 Å². The lowest BCUT2D eigenvalue weighted by molar-refractivity contribution is -0.118. The van der Waals surface area contributed by atoms with Gasteiger partial charge in [0.25, 0.3) is 0 Å². The molecule has 4 heteroatoms. The number of anilines is 1. The topological polar surface area (TPSA) is 40.5 Å². The Labute approximate surface area is 122 Å². The van der Waals surface area contributed by atoms with Gasteiger partial charge in [0.1, 0.15) is 6.10 Å². The molecule has 0 radical (unpaired) electrons. The summed E-state index contributed by atoms with van der Waals surface area (Å²) in [6.45, 7) is 2.01. The van der Waals surface area contributed by atoms with Gasteiger partial charge in [0, 0.05) is 24.0 Å². The summed E-state index contributed by atoms with van der Waals surface area (Å²) in [5.74, 6) is 0.153. The van der Waals surface area contributed by atoms with Crippen molar-refractivity contribution in [3.8, 4) is 0 Å². The van der Waals surface area contributed by atoms with Crippen molar-refractivity contribution in [1.29, 1.82) is 0 Å². The maximum atomic E-state index is 11.7. The van der Waals surface area contributed by atoms with Crippen LogP contribution in [0.15, 0.2) is 29.6 Å². The minimum Gasteiger partial charge on any atom is -0.383 e. The van der Waals surface area contributed by atoms with Crippen LogP contribution in [0.1, 0.15) is 34.1 Å². The molecule has 1 aliphatic heterocycles. The quantitative estimate of drug-likeness (QED) is 0.922. The summed E-state index contributed by atoms with van der Waals surface area (Å²) in [6.07, 6.45) is 0.715. The molecule has 20 heavy (non-hydrogen) atoms. The smallest absolute Gasteiger partial charge is 0.227 e. The highest BCUT2D eigenvalue weighted by Gasteiger charge is 2.22. The summed E-state index contributed by atoms with van der Waals surface area (Å²) in [7, 11) is 1.81. The van der Waals surface area contributed by atoms with E-state index in [4.69, 9.17) is 0 Å². The van der Waals surface area contributed by atoms with Crippen LogP contribution in [0.25, 0.3) is 0 Å². The Bertz CT molecular complexity index is 662. The van der Waals surface area contributed by atoms with Crippen molar-refractivity contribution >= 4 is 22.9 Å². The minimum atomic E-state index is -0.580. The first-order valence-corrected chi connectivity index (χ1v) is 7.57. The normalized spacial score (nSPS) is 16.1. The van der Waals surface area contributed by atoms with Crippen LogP contribution >= 0.6 is 11.3 Å². The number of carbonyl (C=O) groups is 1. The lowest BCUT2D eigenvalue weighted by Gasteiger charge is -2.26. The summed E-state index contributed by atoms with van der Waals surface area (Å²) < 4.78 is 0. The van der Waals surface area contributed by atoms with Gasteiger partial charge in [-0.15, -0.1) is 11.3 Å². The van der Waals surface area contributed by atoms with Gasteiger partial charge in [-0.3, -0.25) is 4.79 Å². The van der Waals surface area contributed by atoms with Gasteiger partial charge in [-0.2, -0.15) is 0 Å². The third kappa shape index (κ3) is 2.15. The Kier molecular flexibility index (Phi) is 3.36. The van der Waals surface area contributed by atoms with Gasteiger partial charge in [-0.25, -0.2) is 0 Å². The molecule has 1 aromatic heterocycles. The zero-order chi connectivity index (χ0) is 14.3. The van der Waals surface area contributed by atoms with Crippen LogP contribution in [-0.2, 0) is 11.2 Å². The first kappa shape index (κ1) is 13.3. The maximum absolute atomic E-state index is 11.7. The van der Waals surface area contributed by atoms with E-state index in [0.717, 1.165) is 33.7 Å². The number of nitrogens with zero attached hydrogens (tertiary/aromatic N) is 1. The highest BCUT2D eigenvalue weighted by Crippen LogP contribution is 2.33. The van der Waals surface area contributed by atoms with Gasteiger partial charge >= 0.3 is 0 Å². The highest BCUT2D eigenvalue weighted by molar-refractivity contribution is 7.10. The molecule has 0 saturated carbocycles. The van der Waals surface area contributed by atoms with Crippen LogP contribution in [0.3, 0.4) is 0 Å². The van der Waals surface area contributed by atoms with Crippen molar-refractivity contribution in [3.63, 3.8) is 0 Å². The predicted octanol–water partition coefficient (Wildman–Crippen LogP) is 3.05. The van der Waals surface area contributed by atoms with Crippen molar-refractivity contribution < 1.29 is 9.90 Å². The number of thiophene rings is 1. The third-order valence-electron chi connectivity index (χ3n) is 3.91. The molecule has 0 bridgehead atoms. The number of aliphatic hydroxyl groups excluding tert-OH is 1. The monoisotopic (exact) mass is 287 g/mol. The number of fused-ring (bicyclic) bond motifs is 1. The molecule has 0 aliphatic carbocycles. The van der Waals surface area contributed by atoms with Gasteiger partial charge in [0.2, 0.25) is 5.91 Å². The largest absolute Gasteiger partial charge is 0.383 e. The lowest BCUT2D eigenvalue weighted by Crippen LogP contribution is -2.31. The number of aryl methyl sites for hydroxylation is 2. The SMILES string of the molecule is Cc1ccsc1C(O)c1ccc2c(c1)CCC(=O)N2C. The molecule has 0 fully saturated rings. The summed E-state index contributed by atoms with van der Waals surface area (Å²) in [6, 6.07) is 7.90. The molecular formula is C16H17NO2S. The average Bonchev–Trinajstić information content (AvgIpc) is 2.88. The molecule has 3 nitrogen and oxygen atoms in total. The Balaban J connectivity index is 1.97. The Morgan fingerprint density at radius 2 is 2.10 bits per heavy atom. The molecule has 1 N–H and O–H groups in total. The molecule has 1 amide bonds. The number of aliphatic hydroxyl groups is 1. The van der Waals surface area contributed by atoms with E-state index in [1.54, 1.807) is 23.3 Å². The van der Waals surface area contributed by atoms with Crippen molar-refractivity contribution in [1.82, 2.24) is 0 Å². The van der Waals surface area contributed by atoms with Crippen molar-refractivity contribution in [2.75, 3.05) is 11.9 Å². The van der Waals surface area contributed by atoms with E-state index in [0.29, 0.717) is 6.42 Å². The summed E-state index contributed by atoms with van der Waals surface area (Å²) >= 11 is 1.58. The van der Waals surface area contributed by atoms with E-state index >= 15 is 0 Å². The molecule has 104 valence electrons. The molecule has 2 aromatic rings. The van der Waals surface area contributed by atoms with E-state index in [2.05, 4.69) is 0 Å². The molecule has 0 saturated heterocycles. The number of amides is 1. The molecule has 1 aromatic carbocycles. The van der Waals surface area contributed by atoms with Crippen molar-refractivity contribution in [3.05, 3.63) is 51.2 Å². The van der Waals surface area contributed by atoms with E-state index in [1.807, 2.05) is 36.6 Å². The van der Waals surface area contributed by atoms with Gasteiger partial charge in [-0.1, -0.05) is 12.1 Å². The fraction of sp³-hybridized carbons (Fsp3) is 0.312. The second-order valence-corrected chi connectivity index (χ2v) is 6.16. The van der Waals surface area contributed by atoms with Crippen LogP contribution in [0.5, 0.6) is 0 Å². The van der Waals surface area contributed by atoms with Gasteiger partial charge < -0.3 is 10.0 Å². The first-order chi connectivity index (χ1) is 9.58. The minimum absolute atomic E-state index is 0.153. The van der Waals surface area contributed by atoms with Crippen LogP contribution in [-0.4, -0.2) is 18.1 Å². The summed E-state index contributed by atoms with van der Waals surface area (Å²) in [5, 5.41) is 12.5. The lowest BCUT2D eigenvalue weighted by atomic mass is 9.96. The second kappa shape index (κ2) is 5.04. The van der Waals surface area contributed by atoms with Gasteiger partial charge in [0.15, 0.2) is 0 Å². The van der Waals surface area contributed by atoms with Gasteiger partial charge in [0.05, 0.1) is 0 Å². The van der Waals surface area contributed by atoms with E-state index in [9.17, 15) is 9.90 Å². The van der Waals surface area contributed by atoms with Crippen LogP contribution in [0, 0.1) is 6.92 Å². The fourth-order valence-corrected chi connectivity index (χ4v) is 3.60. The Morgan fingerprint density at radius 3 is 2.80 bits per heavy atom. The maximum Gasteiger partial charge on any atom is 0.227 e. The van der Waals surface area contributed by atoms with E-state index in [-0.39, 0.29) is 5.91 Å². The number of hydrogen-bond acceptors (Lipinski definition) is 3. The zero-order valence-corrected chi connectivity index (χ0v) is 12.4. The number of benzene rings is 1. The van der Waals surface area contributed by atoms with Crippen LogP contribution in [0.2, 0.25) is 0 Å². The van der Waals surface area contributed by atoms with Crippen molar-refractivity contribution in [2.24, 2.45) is 0 Å². The van der Waals surface area contributed by atoms with Gasteiger partial charge in [-0.05, 0) is 47.5 Å². The summed E-state index contributed by atoms with van der Waals surface area (Å²) in [5.41, 5.74) is 4.11. The second-order valence-electron chi connectivity index (χ2n) is 5.21. The standard InChI is InChI=1S/C16H17NO2S/c1-10-7-8-20-16(10)15(19)12-3-5-13-11(9-12)4-6-14(18)17(13)2/h3,5,7-9,15,19H,4,6H2,1-2H3. The van der Waals surface area contributed by atoms with Crippen LogP contribution < -0.4 is 4.90 Å². The Morgan fingerprint density at radius 1 is 1.30 bits per heavy atom. The molecule has 1 aliphatic rings. The zero-order valence-electron chi connectivity index (χ0n) is 11.6. The fourth-order valence-electron chi connectivity index (χ4n) is 2.66. The number of hydrogen-bond donors (Lipinski definition) is 1. The molecule has 0 spiro atoms. The Hall–Kier alpha value is -1.65.